The number of carbonyl (C=O) groups is 1. The van der Waals surface area contributed by atoms with Gasteiger partial charge in [0.1, 0.15) is 5.82 Å². The number of hydrogen-bond acceptors (Lipinski definition) is 4. The van der Waals surface area contributed by atoms with Crippen molar-refractivity contribution in [2.75, 3.05) is 12.1 Å². The van der Waals surface area contributed by atoms with Crippen LogP contribution in [-0.4, -0.2) is 13.1 Å². The van der Waals surface area contributed by atoms with E-state index in [4.69, 9.17) is 10.3 Å². The molecule has 2 aromatic carbocycles. The monoisotopic (exact) mass is 355 g/mol. The Balaban J connectivity index is 2.58. The van der Waals surface area contributed by atoms with Crippen LogP contribution in [-0.2, 0) is 9.53 Å². The molecule has 0 bridgehead atoms. The van der Waals surface area contributed by atoms with Crippen LogP contribution in [0.2, 0.25) is 0 Å². The molecule has 6 heteroatoms. The summed E-state index contributed by atoms with van der Waals surface area (Å²) in [4.78, 5) is 12.5. The lowest BCUT2D eigenvalue weighted by molar-refractivity contribution is -0.136. The van der Waals surface area contributed by atoms with E-state index < -0.39 is 5.97 Å². The molecule has 5 nitrogen and oxygen atoms in total. The second-order valence-corrected chi connectivity index (χ2v) is 5.96. The number of benzene rings is 2. The summed E-state index contributed by atoms with van der Waals surface area (Å²) in [5.74, 6) is -1.22. The van der Waals surface area contributed by atoms with Gasteiger partial charge in [0, 0.05) is 5.92 Å². The number of rotatable bonds is 6. The molecule has 0 saturated heterocycles. The van der Waals surface area contributed by atoms with Crippen LogP contribution in [0.15, 0.2) is 65.0 Å². The number of allylic oxidation sites excluding steroid dienone is 1. The first kappa shape index (κ1) is 19.3. The Bertz CT molecular complexity index is 831. The van der Waals surface area contributed by atoms with Crippen LogP contribution in [0.25, 0.3) is 0 Å². The van der Waals surface area contributed by atoms with Gasteiger partial charge in [-0.1, -0.05) is 42.5 Å². The molecule has 136 valence electrons. The van der Waals surface area contributed by atoms with E-state index in [9.17, 15) is 9.18 Å². The van der Waals surface area contributed by atoms with Crippen LogP contribution in [0.1, 0.15) is 30.9 Å². The molecule has 2 rings (SSSR count). The van der Waals surface area contributed by atoms with Crippen molar-refractivity contribution in [2.45, 2.75) is 26.7 Å². The first-order valence-electron chi connectivity index (χ1n) is 8.18. The van der Waals surface area contributed by atoms with Gasteiger partial charge in [-0.2, -0.15) is 5.53 Å². The van der Waals surface area contributed by atoms with Crippen LogP contribution in [0.4, 0.5) is 10.1 Å². The van der Waals surface area contributed by atoms with E-state index in [-0.39, 0.29) is 11.7 Å². The highest BCUT2D eigenvalue weighted by molar-refractivity contribution is 5.91. The third-order valence-corrected chi connectivity index (χ3v) is 4.36. The van der Waals surface area contributed by atoms with Gasteiger partial charge in [0.25, 0.3) is 0 Å². The summed E-state index contributed by atoms with van der Waals surface area (Å²) in [6, 6.07) is 13.4. The average Bonchev–Trinajstić information content (AvgIpc) is 2.64. The fraction of sp³-hybridized carbons (Fsp3) is 0.250. The summed E-state index contributed by atoms with van der Waals surface area (Å²) >= 11 is 0. The van der Waals surface area contributed by atoms with Gasteiger partial charge < -0.3 is 4.74 Å². The van der Waals surface area contributed by atoms with Crippen LogP contribution in [0, 0.1) is 18.3 Å². The Morgan fingerprint density at radius 2 is 1.81 bits per heavy atom. The van der Waals surface area contributed by atoms with E-state index in [1.165, 1.54) is 24.3 Å². The van der Waals surface area contributed by atoms with Crippen molar-refractivity contribution >= 4 is 11.7 Å². The number of esters is 1. The Morgan fingerprint density at radius 3 is 2.35 bits per heavy atom. The summed E-state index contributed by atoms with van der Waals surface area (Å²) < 4.78 is 18.2. The topological polar surface area (TPSA) is 65.8 Å². The number of ether oxygens (including phenoxy) is 1. The number of nitrogens with zero attached hydrogens (tertiary/aromatic N) is 2. The molecule has 0 aliphatic carbocycles. The van der Waals surface area contributed by atoms with Crippen LogP contribution in [0.3, 0.4) is 0 Å². The number of nitrogens with one attached hydrogen (secondary N) is 1. The highest BCUT2D eigenvalue weighted by Crippen LogP contribution is 2.32. The van der Waals surface area contributed by atoms with Crippen molar-refractivity contribution in [3.8, 4) is 0 Å². The average molecular weight is 355 g/mol. The molecular formula is C20H22FN3O2. The van der Waals surface area contributed by atoms with Gasteiger partial charge in [-0.3, -0.25) is 0 Å². The minimum Gasteiger partial charge on any atom is -0.466 e. The minimum atomic E-state index is -0.512. The molecule has 26 heavy (non-hydrogen) atoms. The quantitative estimate of drug-likeness (QED) is 0.338. The maximum atomic E-state index is 13.2. The number of anilines is 1. The van der Waals surface area contributed by atoms with E-state index in [0.717, 1.165) is 11.1 Å². The van der Waals surface area contributed by atoms with Crippen molar-refractivity contribution in [1.29, 1.82) is 5.53 Å². The third kappa shape index (κ3) is 3.96. The Hall–Kier alpha value is -3.02. The second-order valence-electron chi connectivity index (χ2n) is 5.96. The highest BCUT2D eigenvalue weighted by Gasteiger charge is 2.26. The van der Waals surface area contributed by atoms with Gasteiger partial charge in [0.15, 0.2) is 0 Å². The third-order valence-electron chi connectivity index (χ3n) is 4.36. The van der Waals surface area contributed by atoms with E-state index >= 15 is 0 Å². The molecule has 0 amide bonds. The predicted octanol–water partition coefficient (Wildman–Crippen LogP) is 5.14. The summed E-state index contributed by atoms with van der Waals surface area (Å²) in [5, 5.41) is 5.01. The first-order valence-corrected chi connectivity index (χ1v) is 8.18. The SMILES string of the molecule is COC(=O)/C(=C(\C)N(N=N)c1ccccc1C)C(C)c1ccc(F)cc1. The molecule has 1 atom stereocenters. The van der Waals surface area contributed by atoms with E-state index in [1.54, 1.807) is 19.1 Å². The molecule has 2 aromatic rings. The fourth-order valence-electron chi connectivity index (χ4n) is 2.89. The summed E-state index contributed by atoms with van der Waals surface area (Å²) in [6.07, 6.45) is 0. The molecule has 0 heterocycles. The maximum absolute atomic E-state index is 13.2. The van der Waals surface area contributed by atoms with Crippen LogP contribution in [0.5, 0.6) is 0 Å². The number of carbonyl (C=O) groups excluding carboxylic acids is 1. The lowest BCUT2D eigenvalue weighted by Gasteiger charge is -2.25. The van der Waals surface area contributed by atoms with Crippen molar-refractivity contribution in [3.63, 3.8) is 0 Å². The summed E-state index contributed by atoms with van der Waals surface area (Å²) in [7, 11) is 1.31. The summed E-state index contributed by atoms with van der Waals surface area (Å²) in [6.45, 7) is 5.46. The summed E-state index contributed by atoms with van der Waals surface area (Å²) in [5.41, 5.74) is 10.8. The normalized spacial score (nSPS) is 12.8. The Kier molecular flexibility index (Phi) is 6.22. The number of halogens is 1. The molecule has 0 spiro atoms. The Morgan fingerprint density at radius 1 is 1.19 bits per heavy atom. The number of methoxy groups -OCH3 is 1. The van der Waals surface area contributed by atoms with Gasteiger partial charge in [-0.25, -0.2) is 14.2 Å². The fourth-order valence-corrected chi connectivity index (χ4v) is 2.89. The van der Waals surface area contributed by atoms with Gasteiger partial charge in [0.05, 0.1) is 24.1 Å². The van der Waals surface area contributed by atoms with Crippen LogP contribution >= 0.6 is 0 Å². The van der Waals surface area contributed by atoms with Gasteiger partial charge in [0.2, 0.25) is 0 Å². The zero-order valence-corrected chi connectivity index (χ0v) is 15.3. The van der Waals surface area contributed by atoms with E-state index in [0.29, 0.717) is 17.0 Å². The predicted molar refractivity (Wildman–Crippen MR) is 98.3 cm³/mol. The smallest absolute Gasteiger partial charge is 0.336 e. The van der Waals surface area contributed by atoms with Crippen molar-refractivity contribution < 1.29 is 13.9 Å². The highest BCUT2D eigenvalue weighted by atomic mass is 19.1. The molecule has 0 aromatic heterocycles. The molecule has 0 aliphatic heterocycles. The largest absolute Gasteiger partial charge is 0.466 e. The number of para-hydroxylation sites is 1. The standard InChI is InChI=1S/C20H22FN3O2/c1-13-7-5-6-8-18(13)24(23-22)15(3)19(20(25)26-4)14(2)16-9-11-17(21)12-10-16/h5-12,14,22H,1-4H3/b19-15+,23-22?. The van der Waals surface area contributed by atoms with Crippen molar-refractivity contribution in [3.05, 3.63) is 76.7 Å². The van der Waals surface area contributed by atoms with Crippen molar-refractivity contribution in [2.24, 2.45) is 5.22 Å². The first-order chi connectivity index (χ1) is 12.4. The number of hydrogen-bond donors (Lipinski definition) is 1. The lowest BCUT2D eigenvalue weighted by atomic mass is 9.91. The van der Waals surface area contributed by atoms with Gasteiger partial charge in [-0.15, -0.1) is 0 Å². The van der Waals surface area contributed by atoms with Crippen molar-refractivity contribution in [1.82, 2.24) is 0 Å². The molecule has 0 radical (unpaired) electrons. The molecule has 1 unspecified atom stereocenters. The Labute approximate surface area is 152 Å². The molecule has 0 aliphatic rings. The van der Waals surface area contributed by atoms with E-state index in [2.05, 4.69) is 5.22 Å². The van der Waals surface area contributed by atoms with Crippen LogP contribution < -0.4 is 5.01 Å². The molecular weight excluding hydrogens is 333 g/mol. The van der Waals surface area contributed by atoms with Gasteiger partial charge in [-0.05, 0) is 43.2 Å². The molecule has 0 saturated carbocycles. The lowest BCUT2D eigenvalue weighted by Crippen LogP contribution is -2.22. The van der Waals surface area contributed by atoms with Gasteiger partial charge >= 0.3 is 5.97 Å². The minimum absolute atomic E-state index is 0.344. The number of aryl methyl sites for hydroxylation is 1. The maximum Gasteiger partial charge on any atom is 0.336 e. The second kappa shape index (κ2) is 8.38. The molecule has 0 fully saturated rings. The van der Waals surface area contributed by atoms with E-state index in [1.807, 2.05) is 38.1 Å². The zero-order chi connectivity index (χ0) is 19.3. The zero-order valence-electron chi connectivity index (χ0n) is 15.3. The molecule has 1 N–H and O–H groups in total.